The summed E-state index contributed by atoms with van der Waals surface area (Å²) in [5, 5.41) is 12.7. The molecule has 2 N–H and O–H groups in total. The first-order valence-electron chi connectivity index (χ1n) is 10.6. The van der Waals surface area contributed by atoms with Crippen molar-refractivity contribution < 1.29 is 37.3 Å². The van der Waals surface area contributed by atoms with Crippen molar-refractivity contribution in [2.75, 3.05) is 7.11 Å². The highest BCUT2D eigenvalue weighted by Crippen LogP contribution is 2.33. The van der Waals surface area contributed by atoms with Gasteiger partial charge in [-0.25, -0.2) is 9.78 Å². The number of carboxylic acid groups (broad SMARTS) is 1. The number of methoxy groups -OCH3 is 1. The van der Waals surface area contributed by atoms with Crippen molar-refractivity contribution in [3.63, 3.8) is 0 Å². The lowest BCUT2D eigenvalue weighted by Gasteiger charge is -2.28. The van der Waals surface area contributed by atoms with Crippen molar-refractivity contribution in [3.8, 4) is 11.6 Å². The van der Waals surface area contributed by atoms with Crippen LogP contribution in [0.25, 0.3) is 10.9 Å². The first kappa shape index (κ1) is 25.8. The summed E-state index contributed by atoms with van der Waals surface area (Å²) < 4.78 is 49.7. The molecule has 1 atom stereocenters. The number of nitrogens with zero attached hydrogens (tertiary/aromatic N) is 1. The number of nitrogens with one attached hydrogen (secondary N) is 1. The van der Waals surface area contributed by atoms with Gasteiger partial charge in [-0.3, -0.25) is 4.79 Å². The SMILES string of the molecule is COc1ccc2ccc(C(=O)NC(C(=O)O)C(C)(C)C)c(OCc3ccc(C(F)(F)F)cc3)c2n1. The lowest BCUT2D eigenvalue weighted by Crippen LogP contribution is -2.49. The molecular weight excluding hydrogens is 465 g/mol. The fraction of sp³-hybridized carbons (Fsp3) is 0.320. The molecule has 2 aromatic carbocycles. The highest BCUT2D eigenvalue weighted by atomic mass is 19.4. The minimum Gasteiger partial charge on any atom is -0.486 e. The van der Waals surface area contributed by atoms with Crippen LogP contribution in [0.5, 0.6) is 11.6 Å². The third-order valence-corrected chi connectivity index (χ3v) is 5.30. The maximum absolute atomic E-state index is 13.2. The van der Waals surface area contributed by atoms with Crippen molar-refractivity contribution in [3.05, 3.63) is 65.2 Å². The Balaban J connectivity index is 2.00. The molecule has 3 aromatic rings. The van der Waals surface area contributed by atoms with Gasteiger partial charge in [0.05, 0.1) is 18.2 Å². The average molecular weight is 490 g/mol. The van der Waals surface area contributed by atoms with Crippen LogP contribution in [0.15, 0.2) is 48.5 Å². The second-order valence-corrected chi connectivity index (χ2v) is 8.96. The van der Waals surface area contributed by atoms with Crippen LogP contribution in [0, 0.1) is 5.41 Å². The van der Waals surface area contributed by atoms with E-state index in [9.17, 15) is 27.9 Å². The molecule has 0 aliphatic heterocycles. The van der Waals surface area contributed by atoms with Crippen LogP contribution in [0.4, 0.5) is 13.2 Å². The zero-order chi connectivity index (χ0) is 26.0. The van der Waals surface area contributed by atoms with E-state index in [4.69, 9.17) is 9.47 Å². The van der Waals surface area contributed by atoms with Gasteiger partial charge in [-0.15, -0.1) is 0 Å². The molecule has 0 aliphatic rings. The minimum atomic E-state index is -4.46. The molecule has 1 amide bonds. The van der Waals surface area contributed by atoms with Crippen LogP contribution in [0.2, 0.25) is 0 Å². The molecule has 35 heavy (non-hydrogen) atoms. The van der Waals surface area contributed by atoms with E-state index in [1.165, 1.54) is 25.3 Å². The second-order valence-electron chi connectivity index (χ2n) is 8.96. The van der Waals surface area contributed by atoms with Crippen LogP contribution in [0.3, 0.4) is 0 Å². The maximum atomic E-state index is 13.2. The van der Waals surface area contributed by atoms with Gasteiger partial charge in [0.2, 0.25) is 5.88 Å². The third-order valence-electron chi connectivity index (χ3n) is 5.30. The average Bonchev–Trinajstić information content (AvgIpc) is 2.79. The van der Waals surface area contributed by atoms with E-state index in [2.05, 4.69) is 10.3 Å². The number of aromatic nitrogens is 1. The van der Waals surface area contributed by atoms with E-state index in [1.54, 1.807) is 39.0 Å². The van der Waals surface area contributed by atoms with Gasteiger partial charge < -0.3 is 19.9 Å². The number of pyridine rings is 1. The zero-order valence-corrected chi connectivity index (χ0v) is 19.6. The molecule has 186 valence electrons. The number of alkyl halides is 3. The Morgan fingerprint density at radius 3 is 2.20 bits per heavy atom. The van der Waals surface area contributed by atoms with E-state index in [0.717, 1.165) is 12.1 Å². The second kappa shape index (κ2) is 9.81. The summed E-state index contributed by atoms with van der Waals surface area (Å²) in [6.07, 6.45) is -4.46. The summed E-state index contributed by atoms with van der Waals surface area (Å²) in [6, 6.07) is 9.71. The number of halogens is 3. The Bertz CT molecular complexity index is 1230. The van der Waals surface area contributed by atoms with E-state index in [1.807, 2.05) is 0 Å². The molecular formula is C25H25F3N2O5. The summed E-state index contributed by atoms with van der Waals surface area (Å²) >= 11 is 0. The van der Waals surface area contributed by atoms with E-state index in [0.29, 0.717) is 10.9 Å². The number of rotatable bonds is 7. The Morgan fingerprint density at radius 2 is 1.66 bits per heavy atom. The number of hydrogen-bond acceptors (Lipinski definition) is 5. The first-order chi connectivity index (χ1) is 16.3. The highest BCUT2D eigenvalue weighted by molar-refractivity contribution is 6.04. The molecule has 7 nitrogen and oxygen atoms in total. The van der Waals surface area contributed by atoms with Crippen molar-refractivity contribution >= 4 is 22.8 Å². The fourth-order valence-corrected chi connectivity index (χ4v) is 3.39. The molecule has 0 fully saturated rings. The number of aliphatic carboxylic acids is 1. The van der Waals surface area contributed by atoms with E-state index >= 15 is 0 Å². The van der Waals surface area contributed by atoms with Crippen molar-refractivity contribution in [2.45, 2.75) is 39.6 Å². The summed E-state index contributed by atoms with van der Waals surface area (Å²) in [6.45, 7) is 4.89. The Kier molecular flexibility index (Phi) is 7.23. The van der Waals surface area contributed by atoms with Gasteiger partial charge in [-0.05, 0) is 35.2 Å². The molecule has 1 unspecified atom stereocenters. The third kappa shape index (κ3) is 6.00. The minimum absolute atomic E-state index is 0.0284. The number of hydrogen-bond donors (Lipinski definition) is 2. The summed E-state index contributed by atoms with van der Waals surface area (Å²) in [5.74, 6) is -1.58. The summed E-state index contributed by atoms with van der Waals surface area (Å²) in [7, 11) is 1.42. The topological polar surface area (TPSA) is 97.8 Å². The molecule has 0 spiro atoms. The Labute approximate surface area is 199 Å². The Morgan fingerprint density at radius 1 is 1.03 bits per heavy atom. The normalized spacial score (nSPS) is 12.8. The number of carboxylic acids is 1. The van der Waals surface area contributed by atoms with Gasteiger partial charge in [-0.1, -0.05) is 39.0 Å². The van der Waals surface area contributed by atoms with Gasteiger partial charge in [0.1, 0.15) is 18.2 Å². The smallest absolute Gasteiger partial charge is 0.416 e. The van der Waals surface area contributed by atoms with Crippen LogP contribution < -0.4 is 14.8 Å². The molecule has 3 rings (SSSR count). The number of carbonyl (C=O) groups is 2. The van der Waals surface area contributed by atoms with Gasteiger partial charge in [-0.2, -0.15) is 13.2 Å². The van der Waals surface area contributed by atoms with E-state index < -0.39 is 35.1 Å². The van der Waals surface area contributed by atoms with Crippen molar-refractivity contribution in [1.29, 1.82) is 0 Å². The van der Waals surface area contributed by atoms with Gasteiger partial charge in [0, 0.05) is 11.5 Å². The van der Waals surface area contributed by atoms with Crippen LogP contribution in [-0.2, 0) is 17.6 Å². The largest absolute Gasteiger partial charge is 0.486 e. The quantitative estimate of drug-likeness (QED) is 0.480. The number of ether oxygens (including phenoxy) is 2. The molecule has 0 saturated heterocycles. The maximum Gasteiger partial charge on any atom is 0.416 e. The highest BCUT2D eigenvalue weighted by Gasteiger charge is 2.34. The lowest BCUT2D eigenvalue weighted by atomic mass is 9.86. The standard InChI is InChI=1S/C25H25F3N2O5/c1-24(2,3)21(23(32)33)30-22(31)17-11-7-15-8-12-18(34-4)29-19(15)20(17)35-13-14-5-9-16(10-6-14)25(26,27)28/h5-12,21H,13H2,1-4H3,(H,30,31)(H,32,33). The molecule has 0 saturated carbocycles. The Hall–Kier alpha value is -3.82. The van der Waals surface area contributed by atoms with Gasteiger partial charge in [0.15, 0.2) is 5.75 Å². The predicted octanol–water partition coefficient (Wildman–Crippen LogP) is 5.07. The van der Waals surface area contributed by atoms with E-state index in [-0.39, 0.29) is 29.3 Å². The number of carbonyl (C=O) groups excluding carboxylic acids is 1. The zero-order valence-electron chi connectivity index (χ0n) is 19.6. The van der Waals surface area contributed by atoms with Crippen molar-refractivity contribution in [1.82, 2.24) is 10.3 Å². The number of fused-ring (bicyclic) bond motifs is 1. The summed E-state index contributed by atoms with van der Waals surface area (Å²) in [5.41, 5.74) is -0.824. The lowest BCUT2D eigenvalue weighted by molar-refractivity contribution is -0.142. The molecule has 0 bridgehead atoms. The first-order valence-corrected chi connectivity index (χ1v) is 10.6. The van der Waals surface area contributed by atoms with Crippen LogP contribution >= 0.6 is 0 Å². The monoisotopic (exact) mass is 490 g/mol. The van der Waals surface area contributed by atoms with Crippen LogP contribution in [-0.4, -0.2) is 35.1 Å². The van der Waals surface area contributed by atoms with Crippen molar-refractivity contribution in [2.24, 2.45) is 5.41 Å². The van der Waals surface area contributed by atoms with Gasteiger partial charge >= 0.3 is 12.1 Å². The summed E-state index contributed by atoms with van der Waals surface area (Å²) in [4.78, 5) is 29.3. The van der Waals surface area contributed by atoms with Gasteiger partial charge in [0.25, 0.3) is 5.91 Å². The number of amides is 1. The molecule has 1 heterocycles. The number of benzene rings is 2. The molecule has 0 radical (unpaired) electrons. The molecule has 10 heteroatoms. The predicted molar refractivity (Wildman–Crippen MR) is 122 cm³/mol. The molecule has 0 aliphatic carbocycles. The molecule has 1 aromatic heterocycles. The fourth-order valence-electron chi connectivity index (χ4n) is 3.39. The van der Waals surface area contributed by atoms with Crippen LogP contribution in [0.1, 0.15) is 42.3 Å².